The van der Waals surface area contributed by atoms with Crippen molar-refractivity contribution in [3.05, 3.63) is 0 Å². The molecule has 4 heteroatoms. The van der Waals surface area contributed by atoms with Gasteiger partial charge in [0.05, 0.1) is 0 Å². The monoisotopic (exact) mass is 171 g/mol. The fourth-order valence-corrected chi connectivity index (χ4v) is 1.57. The third-order valence-corrected chi connectivity index (χ3v) is 2.03. The van der Waals surface area contributed by atoms with E-state index in [1.165, 1.54) is 0 Å². The van der Waals surface area contributed by atoms with Gasteiger partial charge in [0.25, 0.3) is 0 Å². The van der Waals surface area contributed by atoms with Gasteiger partial charge in [0.2, 0.25) is 5.11 Å². The predicted octanol–water partition coefficient (Wildman–Crippen LogP) is 2.18. The van der Waals surface area contributed by atoms with Crippen LogP contribution < -0.4 is 0 Å². The molecular formula is C7H13N3S. The molecule has 1 heterocycles. The topological polar surface area (TPSA) is 28.0 Å². The second kappa shape index (κ2) is 3.26. The summed E-state index contributed by atoms with van der Waals surface area (Å²) in [6.07, 6.45) is 1.16. The zero-order chi connectivity index (χ0) is 8.43. The molecule has 1 atom stereocenters. The SMILES string of the molecule is CCC1N=NC(=S)N1C(C)C. The molecule has 0 saturated carbocycles. The lowest BCUT2D eigenvalue weighted by molar-refractivity contribution is 0.280. The van der Waals surface area contributed by atoms with Crippen molar-refractivity contribution in [2.45, 2.75) is 39.4 Å². The van der Waals surface area contributed by atoms with E-state index in [4.69, 9.17) is 12.2 Å². The van der Waals surface area contributed by atoms with Crippen molar-refractivity contribution in [2.24, 2.45) is 10.2 Å². The number of thiocarbonyl (C=S) groups is 1. The molecule has 1 aliphatic rings. The van der Waals surface area contributed by atoms with Crippen LogP contribution in [0.4, 0.5) is 0 Å². The highest BCUT2D eigenvalue weighted by atomic mass is 32.1. The van der Waals surface area contributed by atoms with E-state index in [9.17, 15) is 0 Å². The van der Waals surface area contributed by atoms with Crippen molar-refractivity contribution in [2.75, 3.05) is 0 Å². The van der Waals surface area contributed by atoms with Crippen molar-refractivity contribution in [1.29, 1.82) is 0 Å². The summed E-state index contributed by atoms with van der Waals surface area (Å²) in [5.41, 5.74) is 0. The van der Waals surface area contributed by atoms with Crippen molar-refractivity contribution in [1.82, 2.24) is 4.90 Å². The second-order valence-corrected chi connectivity index (χ2v) is 3.25. The summed E-state index contributed by atoms with van der Waals surface area (Å²) >= 11 is 5.03. The van der Waals surface area contributed by atoms with Crippen LogP contribution in [0.1, 0.15) is 27.2 Å². The lowest BCUT2D eigenvalue weighted by Gasteiger charge is -2.25. The third-order valence-electron chi connectivity index (χ3n) is 1.74. The average Bonchev–Trinajstić information content (AvgIpc) is 2.30. The summed E-state index contributed by atoms with van der Waals surface area (Å²) in [5, 5.41) is 8.55. The second-order valence-electron chi connectivity index (χ2n) is 2.89. The molecule has 0 aromatic heterocycles. The molecule has 1 aliphatic heterocycles. The summed E-state index contributed by atoms with van der Waals surface area (Å²) < 4.78 is 0. The van der Waals surface area contributed by atoms with E-state index in [2.05, 4.69) is 35.9 Å². The molecule has 1 unspecified atom stereocenters. The molecule has 0 radical (unpaired) electrons. The average molecular weight is 171 g/mol. The van der Waals surface area contributed by atoms with Gasteiger partial charge in [-0.05, 0) is 32.5 Å². The van der Waals surface area contributed by atoms with Crippen LogP contribution in [0.15, 0.2) is 10.2 Å². The highest BCUT2D eigenvalue weighted by Crippen LogP contribution is 2.18. The Kier molecular flexibility index (Phi) is 2.54. The van der Waals surface area contributed by atoms with Crippen molar-refractivity contribution < 1.29 is 0 Å². The molecule has 1 rings (SSSR count). The summed E-state index contributed by atoms with van der Waals surface area (Å²) in [5.74, 6) is 0. The van der Waals surface area contributed by atoms with Crippen LogP contribution in [0.25, 0.3) is 0 Å². The fourth-order valence-electron chi connectivity index (χ4n) is 1.19. The van der Waals surface area contributed by atoms with Gasteiger partial charge in [0, 0.05) is 6.04 Å². The van der Waals surface area contributed by atoms with Crippen molar-refractivity contribution >= 4 is 17.3 Å². The number of hydrogen-bond acceptors (Lipinski definition) is 2. The Balaban J connectivity index is 2.69. The van der Waals surface area contributed by atoms with Gasteiger partial charge < -0.3 is 4.90 Å². The zero-order valence-electron chi connectivity index (χ0n) is 7.11. The first-order chi connectivity index (χ1) is 5.16. The Morgan fingerprint density at radius 3 is 2.64 bits per heavy atom. The minimum atomic E-state index is 0.183. The molecule has 62 valence electrons. The lowest BCUT2D eigenvalue weighted by atomic mass is 10.3. The first-order valence-electron chi connectivity index (χ1n) is 3.90. The van der Waals surface area contributed by atoms with Crippen molar-refractivity contribution in [3.8, 4) is 0 Å². The molecule has 3 nitrogen and oxygen atoms in total. The van der Waals surface area contributed by atoms with Gasteiger partial charge in [0.15, 0.2) is 0 Å². The fraction of sp³-hybridized carbons (Fsp3) is 0.857. The van der Waals surface area contributed by atoms with E-state index < -0.39 is 0 Å². The van der Waals surface area contributed by atoms with Crippen LogP contribution >= 0.6 is 12.2 Å². The van der Waals surface area contributed by atoms with Gasteiger partial charge in [-0.2, -0.15) is 5.11 Å². The maximum Gasteiger partial charge on any atom is 0.218 e. The van der Waals surface area contributed by atoms with E-state index in [0.717, 1.165) is 6.42 Å². The summed E-state index contributed by atoms with van der Waals surface area (Å²) in [6.45, 7) is 6.30. The molecule has 0 aliphatic carbocycles. The summed E-state index contributed by atoms with van der Waals surface area (Å²) in [6, 6.07) is 0.405. The Labute approximate surface area is 72.5 Å². The van der Waals surface area contributed by atoms with Gasteiger partial charge in [-0.3, -0.25) is 0 Å². The van der Waals surface area contributed by atoms with Crippen LogP contribution in [0.5, 0.6) is 0 Å². The largest absolute Gasteiger partial charge is 0.320 e. The van der Waals surface area contributed by atoms with E-state index in [1.54, 1.807) is 0 Å². The standard InChI is InChI=1S/C7H13N3S/c1-4-6-8-9-7(11)10(6)5(2)3/h5-6H,4H2,1-3H3. The smallest absolute Gasteiger partial charge is 0.218 e. The van der Waals surface area contributed by atoms with Crippen LogP contribution in [-0.4, -0.2) is 22.2 Å². The highest BCUT2D eigenvalue weighted by molar-refractivity contribution is 7.80. The molecule has 11 heavy (non-hydrogen) atoms. The molecule has 0 amide bonds. The van der Waals surface area contributed by atoms with Gasteiger partial charge in [0.1, 0.15) is 6.17 Å². The Morgan fingerprint density at radius 1 is 1.64 bits per heavy atom. The van der Waals surface area contributed by atoms with Crippen LogP contribution in [0.2, 0.25) is 0 Å². The quantitative estimate of drug-likeness (QED) is 0.596. The van der Waals surface area contributed by atoms with Crippen LogP contribution in [0, 0.1) is 0 Å². The van der Waals surface area contributed by atoms with Crippen molar-refractivity contribution in [3.63, 3.8) is 0 Å². The van der Waals surface area contributed by atoms with Gasteiger partial charge in [-0.1, -0.05) is 6.92 Å². The van der Waals surface area contributed by atoms with E-state index in [-0.39, 0.29) is 6.17 Å². The van der Waals surface area contributed by atoms with Crippen LogP contribution in [-0.2, 0) is 0 Å². The highest BCUT2D eigenvalue weighted by Gasteiger charge is 2.26. The summed E-state index contributed by atoms with van der Waals surface area (Å²) in [4.78, 5) is 2.06. The van der Waals surface area contributed by atoms with E-state index in [0.29, 0.717) is 11.2 Å². The molecule has 0 bridgehead atoms. The zero-order valence-corrected chi connectivity index (χ0v) is 7.93. The predicted molar refractivity (Wildman–Crippen MR) is 48.5 cm³/mol. The van der Waals surface area contributed by atoms with Crippen LogP contribution in [0.3, 0.4) is 0 Å². The third kappa shape index (κ3) is 1.56. The Hall–Kier alpha value is -0.510. The molecule has 0 aromatic rings. The number of rotatable bonds is 2. The molecule has 0 spiro atoms. The minimum absolute atomic E-state index is 0.183. The minimum Gasteiger partial charge on any atom is -0.320 e. The summed E-state index contributed by atoms with van der Waals surface area (Å²) in [7, 11) is 0. The lowest BCUT2D eigenvalue weighted by Crippen LogP contribution is -2.38. The molecule has 0 N–H and O–H groups in total. The Bertz CT molecular complexity index is 188. The first kappa shape index (κ1) is 8.59. The van der Waals surface area contributed by atoms with Gasteiger partial charge in [-0.15, -0.1) is 5.11 Å². The van der Waals surface area contributed by atoms with E-state index in [1.807, 2.05) is 0 Å². The van der Waals surface area contributed by atoms with E-state index >= 15 is 0 Å². The number of nitrogens with zero attached hydrogens (tertiary/aromatic N) is 3. The maximum absolute atomic E-state index is 5.03. The maximum atomic E-state index is 5.03. The van der Waals surface area contributed by atoms with Gasteiger partial charge >= 0.3 is 0 Å². The normalized spacial score (nSPS) is 23.8. The van der Waals surface area contributed by atoms with Gasteiger partial charge in [-0.25, -0.2) is 0 Å². The molecule has 0 fully saturated rings. The number of azo groups is 1. The Morgan fingerprint density at radius 2 is 2.27 bits per heavy atom. The number of hydrogen-bond donors (Lipinski definition) is 0. The molecule has 0 saturated heterocycles. The molecule has 0 aromatic carbocycles. The molecular weight excluding hydrogens is 158 g/mol. The first-order valence-corrected chi connectivity index (χ1v) is 4.30.